The fourth-order valence-corrected chi connectivity index (χ4v) is 6.10. The van der Waals surface area contributed by atoms with E-state index in [1.54, 1.807) is 16.7 Å². The Kier molecular flexibility index (Phi) is 6.47. The number of thioether (sulfide) groups is 1. The van der Waals surface area contributed by atoms with Crippen LogP contribution in [-0.2, 0) is 25.2 Å². The SMILES string of the molecule is Cc1ccc(CSCCNC(=O)C2CC(=O)N(C3CCS(=O)(=O)C3)C2)cc1. The molecule has 148 valence electrons. The molecule has 3 rings (SSSR count). The molecule has 0 spiro atoms. The van der Waals surface area contributed by atoms with E-state index < -0.39 is 9.84 Å². The summed E-state index contributed by atoms with van der Waals surface area (Å²) >= 11 is 1.76. The van der Waals surface area contributed by atoms with Gasteiger partial charge in [-0.3, -0.25) is 9.59 Å². The second kappa shape index (κ2) is 8.65. The number of carbonyl (C=O) groups excluding carboxylic acids is 2. The van der Waals surface area contributed by atoms with Gasteiger partial charge in [-0.2, -0.15) is 11.8 Å². The van der Waals surface area contributed by atoms with E-state index in [4.69, 9.17) is 0 Å². The molecule has 2 aliphatic heterocycles. The first kappa shape index (κ1) is 20.2. The summed E-state index contributed by atoms with van der Waals surface area (Å²) in [7, 11) is -3.04. The molecule has 1 aromatic rings. The average Bonchev–Trinajstić information content (AvgIpc) is 3.18. The highest BCUT2D eigenvalue weighted by atomic mass is 32.2. The third kappa shape index (κ3) is 5.48. The van der Waals surface area contributed by atoms with E-state index in [1.807, 2.05) is 0 Å². The minimum absolute atomic E-state index is 0.0305. The average molecular weight is 411 g/mol. The molecule has 2 fully saturated rings. The number of likely N-dealkylation sites (tertiary alicyclic amines) is 1. The van der Waals surface area contributed by atoms with Crippen molar-refractivity contribution in [2.45, 2.75) is 31.6 Å². The summed E-state index contributed by atoms with van der Waals surface area (Å²) in [6.07, 6.45) is 0.664. The Morgan fingerprint density at radius 2 is 2.04 bits per heavy atom. The van der Waals surface area contributed by atoms with Gasteiger partial charge in [0.25, 0.3) is 0 Å². The van der Waals surface area contributed by atoms with Crippen molar-refractivity contribution in [1.29, 1.82) is 0 Å². The second-order valence-electron chi connectivity index (χ2n) is 7.33. The highest BCUT2D eigenvalue weighted by Gasteiger charge is 2.41. The van der Waals surface area contributed by atoms with Crippen molar-refractivity contribution in [3.05, 3.63) is 35.4 Å². The Morgan fingerprint density at radius 3 is 2.70 bits per heavy atom. The lowest BCUT2D eigenvalue weighted by molar-refractivity contribution is -0.130. The minimum atomic E-state index is -3.04. The molecule has 6 nitrogen and oxygen atoms in total. The predicted molar refractivity (Wildman–Crippen MR) is 107 cm³/mol. The molecule has 1 N–H and O–H groups in total. The number of carbonyl (C=O) groups is 2. The van der Waals surface area contributed by atoms with Crippen molar-refractivity contribution in [3.8, 4) is 0 Å². The molecule has 2 heterocycles. The van der Waals surface area contributed by atoms with Crippen molar-refractivity contribution in [2.75, 3.05) is 30.3 Å². The largest absolute Gasteiger partial charge is 0.355 e. The Labute approximate surface area is 165 Å². The number of hydrogen-bond acceptors (Lipinski definition) is 5. The fourth-order valence-electron chi connectivity index (χ4n) is 3.55. The fraction of sp³-hybridized carbons (Fsp3) is 0.579. The van der Waals surface area contributed by atoms with Crippen LogP contribution in [0.1, 0.15) is 24.0 Å². The summed E-state index contributed by atoms with van der Waals surface area (Å²) in [5.74, 6) is 1.29. The summed E-state index contributed by atoms with van der Waals surface area (Å²) in [5.41, 5.74) is 2.51. The molecule has 2 aliphatic rings. The van der Waals surface area contributed by atoms with Crippen molar-refractivity contribution in [1.82, 2.24) is 10.2 Å². The summed E-state index contributed by atoms with van der Waals surface area (Å²) in [5, 5.41) is 2.91. The van der Waals surface area contributed by atoms with Gasteiger partial charge in [0.15, 0.2) is 9.84 Å². The molecule has 2 atom stereocenters. The van der Waals surface area contributed by atoms with Gasteiger partial charge in [0.05, 0.1) is 17.4 Å². The van der Waals surface area contributed by atoms with Gasteiger partial charge in [-0.25, -0.2) is 8.42 Å². The van der Waals surface area contributed by atoms with Crippen LogP contribution in [0.2, 0.25) is 0 Å². The number of amides is 2. The molecular weight excluding hydrogens is 384 g/mol. The van der Waals surface area contributed by atoms with Gasteiger partial charge in [0, 0.05) is 37.1 Å². The number of rotatable bonds is 7. The number of sulfone groups is 1. The maximum absolute atomic E-state index is 12.3. The molecule has 2 unspecified atom stereocenters. The normalized spacial score (nSPS) is 24.3. The smallest absolute Gasteiger partial charge is 0.225 e. The molecule has 0 saturated carbocycles. The van der Waals surface area contributed by atoms with Gasteiger partial charge in [-0.1, -0.05) is 29.8 Å². The summed E-state index contributed by atoms with van der Waals surface area (Å²) in [6, 6.07) is 8.16. The highest BCUT2D eigenvalue weighted by Crippen LogP contribution is 2.26. The number of nitrogens with one attached hydrogen (secondary N) is 1. The quantitative estimate of drug-likeness (QED) is 0.687. The van der Waals surface area contributed by atoms with Crippen LogP contribution in [0.25, 0.3) is 0 Å². The number of hydrogen-bond donors (Lipinski definition) is 1. The zero-order valence-electron chi connectivity index (χ0n) is 15.5. The van der Waals surface area contributed by atoms with Crippen LogP contribution in [-0.4, -0.2) is 61.5 Å². The molecule has 27 heavy (non-hydrogen) atoms. The molecule has 0 aromatic heterocycles. The molecule has 8 heteroatoms. The van der Waals surface area contributed by atoms with Crippen LogP contribution in [0.4, 0.5) is 0 Å². The lowest BCUT2D eigenvalue weighted by Crippen LogP contribution is -2.39. The van der Waals surface area contributed by atoms with E-state index in [9.17, 15) is 18.0 Å². The first-order valence-corrected chi connectivity index (χ1v) is 12.2. The maximum Gasteiger partial charge on any atom is 0.225 e. The van der Waals surface area contributed by atoms with Crippen LogP contribution in [0.3, 0.4) is 0 Å². The van der Waals surface area contributed by atoms with Crippen LogP contribution in [0.5, 0.6) is 0 Å². The van der Waals surface area contributed by atoms with Gasteiger partial charge >= 0.3 is 0 Å². The van der Waals surface area contributed by atoms with Crippen LogP contribution in [0.15, 0.2) is 24.3 Å². The summed E-state index contributed by atoms with van der Waals surface area (Å²) in [4.78, 5) is 26.1. The monoisotopic (exact) mass is 410 g/mol. The van der Waals surface area contributed by atoms with Gasteiger partial charge in [-0.15, -0.1) is 0 Å². The van der Waals surface area contributed by atoms with Crippen LogP contribution >= 0.6 is 11.8 Å². The molecule has 1 aromatic carbocycles. The first-order chi connectivity index (χ1) is 12.8. The maximum atomic E-state index is 12.3. The van der Waals surface area contributed by atoms with E-state index in [0.29, 0.717) is 19.5 Å². The van der Waals surface area contributed by atoms with Crippen molar-refractivity contribution in [3.63, 3.8) is 0 Å². The van der Waals surface area contributed by atoms with E-state index in [2.05, 4.69) is 36.5 Å². The Hall–Kier alpha value is -1.54. The molecular formula is C19H26N2O4S2. The van der Waals surface area contributed by atoms with E-state index in [0.717, 1.165) is 11.5 Å². The number of benzene rings is 1. The Bertz CT molecular complexity index is 792. The van der Waals surface area contributed by atoms with Crippen LogP contribution < -0.4 is 5.32 Å². The topological polar surface area (TPSA) is 83.6 Å². The van der Waals surface area contributed by atoms with Gasteiger partial charge < -0.3 is 10.2 Å². The third-order valence-electron chi connectivity index (χ3n) is 5.11. The molecule has 2 saturated heterocycles. The molecule has 2 amide bonds. The highest BCUT2D eigenvalue weighted by molar-refractivity contribution is 7.98. The van der Waals surface area contributed by atoms with Gasteiger partial charge in [-0.05, 0) is 18.9 Å². The number of nitrogens with zero attached hydrogens (tertiary/aromatic N) is 1. The van der Waals surface area contributed by atoms with Crippen molar-refractivity contribution >= 4 is 33.4 Å². The minimum Gasteiger partial charge on any atom is -0.355 e. The zero-order valence-corrected chi connectivity index (χ0v) is 17.2. The van der Waals surface area contributed by atoms with Crippen molar-refractivity contribution in [2.24, 2.45) is 5.92 Å². The first-order valence-electron chi connectivity index (χ1n) is 9.25. The third-order valence-corrected chi connectivity index (χ3v) is 7.89. The van der Waals surface area contributed by atoms with Crippen molar-refractivity contribution < 1.29 is 18.0 Å². The predicted octanol–water partition coefficient (Wildman–Crippen LogP) is 1.38. The molecule has 0 aliphatic carbocycles. The lowest BCUT2D eigenvalue weighted by atomic mass is 10.1. The second-order valence-corrected chi connectivity index (χ2v) is 10.7. The van der Waals surface area contributed by atoms with E-state index in [1.165, 1.54) is 11.1 Å². The van der Waals surface area contributed by atoms with Gasteiger partial charge in [0.2, 0.25) is 11.8 Å². The summed E-state index contributed by atoms with van der Waals surface area (Å²) < 4.78 is 23.2. The number of aryl methyl sites for hydroxylation is 1. The Morgan fingerprint density at radius 1 is 1.30 bits per heavy atom. The van der Waals surface area contributed by atoms with Gasteiger partial charge in [0.1, 0.15) is 0 Å². The zero-order chi connectivity index (χ0) is 19.4. The Balaban J connectivity index is 1.37. The lowest BCUT2D eigenvalue weighted by Gasteiger charge is -2.22. The molecule has 0 bridgehead atoms. The standard InChI is InChI=1S/C19H26N2O4S2/c1-14-2-4-15(5-3-14)12-26-8-7-20-19(23)16-10-18(22)21(11-16)17-6-9-27(24,25)13-17/h2-5,16-17H,6-13H2,1H3,(H,20,23). The van der Waals surface area contributed by atoms with E-state index in [-0.39, 0.29) is 41.7 Å². The molecule has 0 radical (unpaired) electrons. The van der Waals surface area contributed by atoms with E-state index >= 15 is 0 Å². The summed E-state index contributed by atoms with van der Waals surface area (Å²) in [6.45, 7) is 2.96. The van der Waals surface area contributed by atoms with Crippen LogP contribution in [0, 0.1) is 12.8 Å².